The van der Waals surface area contributed by atoms with Crippen LogP contribution in [0.5, 0.6) is 0 Å². The van der Waals surface area contributed by atoms with Crippen molar-refractivity contribution >= 4 is 29.9 Å². The molecule has 0 radical (unpaired) electrons. The predicted octanol–water partition coefficient (Wildman–Crippen LogP) is 1.38. The molecular weight excluding hydrogens is 329 g/mol. The van der Waals surface area contributed by atoms with Gasteiger partial charge in [0.15, 0.2) is 5.96 Å². The monoisotopic (exact) mass is 349 g/mol. The molecule has 6 heteroatoms. The number of halogens is 1. The Labute approximate surface area is 119 Å². The molecule has 0 bridgehead atoms. The second kappa shape index (κ2) is 6.83. The number of guanidine groups is 1. The van der Waals surface area contributed by atoms with Crippen LogP contribution in [0.15, 0.2) is 17.5 Å². The quantitative estimate of drug-likeness (QED) is 0.492. The highest BCUT2D eigenvalue weighted by atomic mass is 127. The van der Waals surface area contributed by atoms with Crippen molar-refractivity contribution in [3.63, 3.8) is 0 Å². The number of nitrogens with one attached hydrogen (secondary N) is 1. The molecule has 1 fully saturated rings. The summed E-state index contributed by atoms with van der Waals surface area (Å²) >= 11 is 0. The molecule has 1 saturated carbocycles. The lowest BCUT2D eigenvalue weighted by Gasteiger charge is -2.12. The molecular formula is C11H20IN5. The van der Waals surface area contributed by atoms with Gasteiger partial charge in [0, 0.05) is 13.1 Å². The molecule has 3 N–H and O–H groups in total. The number of hydrogen-bond donors (Lipinski definition) is 2. The number of aliphatic imine (C=N–C) groups is 1. The van der Waals surface area contributed by atoms with E-state index in [1.165, 1.54) is 25.7 Å². The molecule has 0 amide bonds. The van der Waals surface area contributed by atoms with Gasteiger partial charge in [0.05, 0.1) is 24.8 Å². The summed E-state index contributed by atoms with van der Waals surface area (Å²) in [5.41, 5.74) is 6.90. The fourth-order valence-electron chi connectivity index (χ4n) is 2.03. The number of hydrogen-bond acceptors (Lipinski definition) is 2. The van der Waals surface area contributed by atoms with Crippen molar-refractivity contribution in [2.24, 2.45) is 17.8 Å². The average molecular weight is 349 g/mol. The Hall–Kier alpha value is -0.790. The Bertz CT molecular complexity index is 368. The standard InChI is InChI=1S/C11H19N5.HI/c1-16-8-13-6-10(16)7-14-11(12)15-9-4-2-3-5-9;/h6,8-9H,2-5,7H2,1H3,(H3,12,14,15);1H. The van der Waals surface area contributed by atoms with Crippen LogP contribution in [-0.2, 0) is 13.6 Å². The van der Waals surface area contributed by atoms with E-state index in [4.69, 9.17) is 5.73 Å². The van der Waals surface area contributed by atoms with Gasteiger partial charge in [-0.25, -0.2) is 9.98 Å². The van der Waals surface area contributed by atoms with Crippen LogP contribution in [-0.4, -0.2) is 21.6 Å². The van der Waals surface area contributed by atoms with Gasteiger partial charge >= 0.3 is 0 Å². The van der Waals surface area contributed by atoms with Crippen LogP contribution in [0, 0.1) is 0 Å². The number of rotatable bonds is 3. The van der Waals surface area contributed by atoms with Crippen LogP contribution in [0.1, 0.15) is 31.4 Å². The second-order valence-corrected chi connectivity index (χ2v) is 4.32. The van der Waals surface area contributed by atoms with Gasteiger partial charge in [0.25, 0.3) is 0 Å². The predicted molar refractivity (Wildman–Crippen MR) is 79.3 cm³/mol. The minimum absolute atomic E-state index is 0. The number of imidazole rings is 1. The van der Waals surface area contributed by atoms with E-state index >= 15 is 0 Å². The third kappa shape index (κ3) is 4.18. The van der Waals surface area contributed by atoms with Gasteiger partial charge in [-0.15, -0.1) is 24.0 Å². The Morgan fingerprint density at radius 2 is 2.29 bits per heavy atom. The molecule has 0 saturated heterocycles. The maximum Gasteiger partial charge on any atom is 0.189 e. The molecule has 1 aromatic heterocycles. The Balaban J connectivity index is 0.00000144. The van der Waals surface area contributed by atoms with Crippen molar-refractivity contribution in [2.75, 3.05) is 0 Å². The summed E-state index contributed by atoms with van der Waals surface area (Å²) in [7, 11) is 1.96. The molecule has 0 atom stereocenters. The third-order valence-electron chi connectivity index (χ3n) is 3.04. The highest BCUT2D eigenvalue weighted by Gasteiger charge is 2.14. The van der Waals surface area contributed by atoms with Crippen LogP contribution < -0.4 is 11.1 Å². The Morgan fingerprint density at radius 3 is 2.88 bits per heavy atom. The van der Waals surface area contributed by atoms with Crippen molar-refractivity contribution < 1.29 is 0 Å². The van der Waals surface area contributed by atoms with Crippen LogP contribution in [0.2, 0.25) is 0 Å². The van der Waals surface area contributed by atoms with Gasteiger partial charge < -0.3 is 15.6 Å². The largest absolute Gasteiger partial charge is 0.370 e. The molecule has 0 aromatic carbocycles. The van der Waals surface area contributed by atoms with Gasteiger partial charge in [-0.2, -0.15) is 0 Å². The number of nitrogens with two attached hydrogens (primary N) is 1. The van der Waals surface area contributed by atoms with Crippen molar-refractivity contribution in [3.8, 4) is 0 Å². The van der Waals surface area contributed by atoms with E-state index in [0.717, 1.165) is 5.69 Å². The Morgan fingerprint density at radius 1 is 1.59 bits per heavy atom. The van der Waals surface area contributed by atoms with Gasteiger partial charge in [0.1, 0.15) is 0 Å². The molecule has 0 unspecified atom stereocenters. The van der Waals surface area contributed by atoms with Crippen LogP contribution in [0.25, 0.3) is 0 Å². The zero-order valence-electron chi connectivity index (χ0n) is 10.1. The molecule has 2 rings (SSSR count). The van der Waals surface area contributed by atoms with E-state index in [-0.39, 0.29) is 24.0 Å². The van der Waals surface area contributed by atoms with Crippen LogP contribution in [0.3, 0.4) is 0 Å². The lowest BCUT2D eigenvalue weighted by Crippen LogP contribution is -2.38. The second-order valence-electron chi connectivity index (χ2n) is 4.32. The molecule has 1 aliphatic rings. The summed E-state index contributed by atoms with van der Waals surface area (Å²) < 4.78 is 1.95. The van der Waals surface area contributed by atoms with E-state index in [2.05, 4.69) is 15.3 Å². The van der Waals surface area contributed by atoms with Crippen LogP contribution in [0.4, 0.5) is 0 Å². The van der Waals surface area contributed by atoms with Gasteiger partial charge in [-0.3, -0.25) is 0 Å². The summed E-state index contributed by atoms with van der Waals surface area (Å²) in [5.74, 6) is 0.549. The van der Waals surface area contributed by atoms with Crippen molar-refractivity contribution in [1.82, 2.24) is 14.9 Å². The number of aromatic nitrogens is 2. The highest BCUT2D eigenvalue weighted by Crippen LogP contribution is 2.17. The van der Waals surface area contributed by atoms with E-state index in [1.54, 1.807) is 6.33 Å². The van der Waals surface area contributed by atoms with Crippen molar-refractivity contribution in [2.45, 2.75) is 38.3 Å². The molecule has 96 valence electrons. The van der Waals surface area contributed by atoms with E-state index < -0.39 is 0 Å². The normalized spacial score (nSPS) is 16.9. The molecule has 1 aliphatic carbocycles. The minimum atomic E-state index is 0. The first kappa shape index (κ1) is 14.3. The Kier molecular flexibility index (Phi) is 5.73. The molecule has 1 aromatic rings. The summed E-state index contributed by atoms with van der Waals surface area (Å²) in [6.45, 7) is 0.585. The molecule has 0 aliphatic heterocycles. The molecule has 1 heterocycles. The lowest BCUT2D eigenvalue weighted by molar-refractivity contribution is 0.624. The van der Waals surface area contributed by atoms with E-state index in [9.17, 15) is 0 Å². The summed E-state index contributed by atoms with van der Waals surface area (Å²) in [5, 5.41) is 3.26. The van der Waals surface area contributed by atoms with Crippen molar-refractivity contribution in [3.05, 3.63) is 18.2 Å². The van der Waals surface area contributed by atoms with E-state index in [0.29, 0.717) is 18.5 Å². The fraction of sp³-hybridized carbons (Fsp3) is 0.636. The van der Waals surface area contributed by atoms with Gasteiger partial charge in [-0.05, 0) is 12.8 Å². The zero-order chi connectivity index (χ0) is 11.4. The third-order valence-corrected chi connectivity index (χ3v) is 3.04. The van der Waals surface area contributed by atoms with Gasteiger partial charge in [0.2, 0.25) is 0 Å². The first-order valence-electron chi connectivity index (χ1n) is 5.77. The molecule has 5 nitrogen and oxygen atoms in total. The lowest BCUT2D eigenvalue weighted by atomic mass is 10.2. The summed E-state index contributed by atoms with van der Waals surface area (Å²) in [6, 6.07) is 0.523. The maximum atomic E-state index is 5.83. The zero-order valence-corrected chi connectivity index (χ0v) is 12.4. The first-order chi connectivity index (χ1) is 7.75. The number of aryl methyl sites for hydroxylation is 1. The fourth-order valence-corrected chi connectivity index (χ4v) is 2.03. The smallest absolute Gasteiger partial charge is 0.189 e. The van der Waals surface area contributed by atoms with E-state index in [1.807, 2.05) is 17.8 Å². The summed E-state index contributed by atoms with van der Waals surface area (Å²) in [6.07, 6.45) is 8.60. The van der Waals surface area contributed by atoms with Crippen LogP contribution >= 0.6 is 24.0 Å². The van der Waals surface area contributed by atoms with Crippen molar-refractivity contribution in [1.29, 1.82) is 0 Å². The molecule has 17 heavy (non-hydrogen) atoms. The van der Waals surface area contributed by atoms with Gasteiger partial charge in [-0.1, -0.05) is 12.8 Å². The average Bonchev–Trinajstić information content (AvgIpc) is 2.87. The SMILES string of the molecule is Cn1cncc1CN=C(N)NC1CCCC1.I. The topological polar surface area (TPSA) is 68.2 Å². The first-order valence-corrected chi connectivity index (χ1v) is 5.77. The molecule has 0 spiro atoms. The number of nitrogens with zero attached hydrogens (tertiary/aromatic N) is 3. The highest BCUT2D eigenvalue weighted by molar-refractivity contribution is 14.0. The summed E-state index contributed by atoms with van der Waals surface area (Å²) in [4.78, 5) is 8.35. The minimum Gasteiger partial charge on any atom is -0.370 e. The maximum absolute atomic E-state index is 5.83.